The molecule has 0 aliphatic carbocycles. The quantitative estimate of drug-likeness (QED) is 0.514. The van der Waals surface area contributed by atoms with Crippen molar-refractivity contribution < 1.29 is 28.2 Å². The SMILES string of the molecule is CCOC(=O)C1CCCN(C(=O)CN2C(=O)/C(=C\c3ccc(F)cc3)Oc3ccccc32)C1. The molecule has 0 N–H and O–H groups in total. The Morgan fingerprint density at radius 2 is 1.94 bits per heavy atom. The fourth-order valence-electron chi connectivity index (χ4n) is 4.02. The van der Waals surface area contributed by atoms with Crippen LogP contribution in [0.3, 0.4) is 0 Å². The van der Waals surface area contributed by atoms with Crippen molar-refractivity contribution in [3.8, 4) is 5.75 Å². The highest BCUT2D eigenvalue weighted by atomic mass is 19.1. The number of carbonyl (C=O) groups is 3. The van der Waals surface area contributed by atoms with E-state index in [-0.39, 0.29) is 42.5 Å². The van der Waals surface area contributed by atoms with E-state index >= 15 is 0 Å². The first-order valence-corrected chi connectivity index (χ1v) is 11.0. The van der Waals surface area contributed by atoms with Crippen molar-refractivity contribution in [3.05, 3.63) is 65.7 Å². The van der Waals surface area contributed by atoms with Gasteiger partial charge >= 0.3 is 5.97 Å². The number of likely N-dealkylation sites (tertiary alicyclic amines) is 1. The van der Waals surface area contributed by atoms with Gasteiger partial charge in [0.2, 0.25) is 5.91 Å². The molecule has 33 heavy (non-hydrogen) atoms. The minimum atomic E-state index is -0.467. The van der Waals surface area contributed by atoms with E-state index in [1.807, 2.05) is 0 Å². The molecule has 2 heterocycles. The van der Waals surface area contributed by atoms with Gasteiger partial charge in [-0.05, 0) is 55.7 Å². The standard InChI is InChI=1S/C25H25FN2O5/c1-2-32-25(31)18-6-5-13-27(15-18)23(29)16-28-20-7-3-4-8-21(20)33-22(24(28)30)14-17-9-11-19(26)12-10-17/h3-4,7-12,14,18H,2,5-6,13,15-16H2,1H3/b22-14+. The number of nitrogens with zero attached hydrogens (tertiary/aromatic N) is 2. The predicted octanol–water partition coefficient (Wildman–Crippen LogP) is 3.39. The molecule has 1 fully saturated rings. The molecule has 1 atom stereocenters. The Bertz CT molecular complexity index is 1080. The van der Waals surface area contributed by atoms with E-state index < -0.39 is 5.91 Å². The Labute approximate surface area is 191 Å². The van der Waals surface area contributed by atoms with Gasteiger partial charge in [-0.3, -0.25) is 19.3 Å². The Hall–Kier alpha value is -3.68. The van der Waals surface area contributed by atoms with E-state index in [1.54, 1.807) is 36.1 Å². The zero-order chi connectivity index (χ0) is 23.4. The predicted molar refractivity (Wildman–Crippen MR) is 120 cm³/mol. The molecule has 1 unspecified atom stereocenters. The molecule has 7 nitrogen and oxygen atoms in total. The molecule has 2 aromatic carbocycles. The molecule has 0 aromatic heterocycles. The van der Waals surface area contributed by atoms with Crippen molar-refractivity contribution in [2.75, 3.05) is 31.1 Å². The highest BCUT2D eigenvalue weighted by Gasteiger charge is 2.35. The van der Waals surface area contributed by atoms with Crippen molar-refractivity contribution in [2.24, 2.45) is 5.92 Å². The number of rotatable bonds is 5. The van der Waals surface area contributed by atoms with Crippen LogP contribution in [0.5, 0.6) is 5.75 Å². The number of benzene rings is 2. The number of carbonyl (C=O) groups excluding carboxylic acids is 3. The molecular weight excluding hydrogens is 427 g/mol. The van der Waals surface area contributed by atoms with E-state index in [0.717, 1.165) is 0 Å². The number of ether oxygens (including phenoxy) is 2. The minimum absolute atomic E-state index is 0.0381. The van der Waals surface area contributed by atoms with Crippen LogP contribution in [0.1, 0.15) is 25.3 Å². The molecule has 1 saturated heterocycles. The summed E-state index contributed by atoms with van der Waals surface area (Å²) in [6.07, 6.45) is 2.89. The fourth-order valence-corrected chi connectivity index (χ4v) is 4.02. The third-order valence-electron chi connectivity index (χ3n) is 5.69. The summed E-state index contributed by atoms with van der Waals surface area (Å²) < 4.78 is 24.2. The van der Waals surface area contributed by atoms with E-state index in [1.165, 1.54) is 35.2 Å². The van der Waals surface area contributed by atoms with Gasteiger partial charge in [0.1, 0.15) is 12.4 Å². The van der Waals surface area contributed by atoms with Crippen molar-refractivity contribution in [2.45, 2.75) is 19.8 Å². The molecule has 0 radical (unpaired) electrons. The van der Waals surface area contributed by atoms with Crippen LogP contribution < -0.4 is 9.64 Å². The first-order valence-electron chi connectivity index (χ1n) is 11.0. The number of hydrogen-bond donors (Lipinski definition) is 0. The number of para-hydroxylation sites is 2. The van der Waals surface area contributed by atoms with Crippen LogP contribution in [0.4, 0.5) is 10.1 Å². The lowest BCUT2D eigenvalue weighted by atomic mass is 9.98. The zero-order valence-electron chi connectivity index (χ0n) is 18.3. The van der Waals surface area contributed by atoms with Gasteiger partial charge in [0, 0.05) is 13.1 Å². The average Bonchev–Trinajstić information content (AvgIpc) is 2.83. The Balaban J connectivity index is 1.55. The van der Waals surface area contributed by atoms with Crippen LogP contribution in [-0.4, -0.2) is 48.9 Å². The second-order valence-corrected chi connectivity index (χ2v) is 7.95. The van der Waals surface area contributed by atoms with Crippen molar-refractivity contribution in [3.63, 3.8) is 0 Å². The maximum absolute atomic E-state index is 13.2. The topological polar surface area (TPSA) is 76.2 Å². The van der Waals surface area contributed by atoms with Crippen LogP contribution in [-0.2, 0) is 19.1 Å². The molecule has 2 amide bonds. The Morgan fingerprint density at radius 3 is 2.70 bits per heavy atom. The van der Waals surface area contributed by atoms with E-state index in [9.17, 15) is 18.8 Å². The number of halogens is 1. The second-order valence-electron chi connectivity index (χ2n) is 7.95. The molecule has 8 heteroatoms. The summed E-state index contributed by atoms with van der Waals surface area (Å²) in [6, 6.07) is 12.6. The number of esters is 1. The van der Waals surface area contributed by atoms with Crippen molar-refractivity contribution in [1.82, 2.24) is 4.90 Å². The van der Waals surface area contributed by atoms with Gasteiger partial charge in [-0.1, -0.05) is 24.3 Å². The smallest absolute Gasteiger partial charge is 0.310 e. The van der Waals surface area contributed by atoms with E-state index in [0.29, 0.717) is 43.0 Å². The summed E-state index contributed by atoms with van der Waals surface area (Å²) in [5, 5.41) is 0. The van der Waals surface area contributed by atoms with Gasteiger partial charge in [0.05, 0.1) is 18.2 Å². The van der Waals surface area contributed by atoms with Crippen LogP contribution in [0.2, 0.25) is 0 Å². The summed E-state index contributed by atoms with van der Waals surface area (Å²) in [5.74, 6) is -1.28. The summed E-state index contributed by atoms with van der Waals surface area (Å²) in [4.78, 5) is 41.5. The third-order valence-corrected chi connectivity index (χ3v) is 5.69. The van der Waals surface area contributed by atoms with E-state index in [2.05, 4.69) is 0 Å². The lowest BCUT2D eigenvalue weighted by Crippen LogP contribution is -2.49. The molecule has 2 aromatic rings. The average molecular weight is 452 g/mol. The summed E-state index contributed by atoms with van der Waals surface area (Å²) >= 11 is 0. The van der Waals surface area contributed by atoms with Gasteiger partial charge in [0.25, 0.3) is 5.91 Å². The van der Waals surface area contributed by atoms with Gasteiger partial charge in [-0.2, -0.15) is 0 Å². The van der Waals surface area contributed by atoms with E-state index in [4.69, 9.17) is 9.47 Å². The Kier molecular flexibility index (Phi) is 6.72. The van der Waals surface area contributed by atoms with Crippen LogP contribution in [0, 0.1) is 11.7 Å². The molecule has 0 bridgehead atoms. The van der Waals surface area contributed by atoms with Gasteiger partial charge in [0.15, 0.2) is 11.5 Å². The highest BCUT2D eigenvalue weighted by Crippen LogP contribution is 2.35. The number of fused-ring (bicyclic) bond motifs is 1. The van der Waals surface area contributed by atoms with Gasteiger partial charge < -0.3 is 14.4 Å². The molecule has 0 spiro atoms. The molecular formula is C25H25FN2O5. The largest absolute Gasteiger partial charge is 0.466 e. The maximum atomic E-state index is 13.2. The zero-order valence-corrected chi connectivity index (χ0v) is 18.3. The van der Waals surface area contributed by atoms with Crippen molar-refractivity contribution >= 4 is 29.5 Å². The summed E-state index contributed by atoms with van der Waals surface area (Å²) in [7, 11) is 0. The van der Waals surface area contributed by atoms with Crippen LogP contribution >= 0.6 is 0 Å². The molecule has 172 valence electrons. The maximum Gasteiger partial charge on any atom is 0.310 e. The van der Waals surface area contributed by atoms with Gasteiger partial charge in [-0.25, -0.2) is 4.39 Å². The third kappa shape index (κ3) is 5.05. The first-order chi connectivity index (χ1) is 16.0. The minimum Gasteiger partial charge on any atom is -0.466 e. The Morgan fingerprint density at radius 1 is 1.18 bits per heavy atom. The van der Waals surface area contributed by atoms with Crippen molar-refractivity contribution in [1.29, 1.82) is 0 Å². The summed E-state index contributed by atoms with van der Waals surface area (Å²) in [6.45, 7) is 2.66. The lowest BCUT2D eigenvalue weighted by molar-refractivity contribution is -0.151. The van der Waals surface area contributed by atoms with Crippen LogP contribution in [0.25, 0.3) is 6.08 Å². The first kappa shape index (κ1) is 22.5. The summed E-state index contributed by atoms with van der Waals surface area (Å²) in [5.41, 5.74) is 1.09. The van der Waals surface area contributed by atoms with Crippen LogP contribution in [0.15, 0.2) is 54.3 Å². The van der Waals surface area contributed by atoms with Gasteiger partial charge in [-0.15, -0.1) is 0 Å². The number of amides is 2. The number of hydrogen-bond acceptors (Lipinski definition) is 5. The fraction of sp³-hybridized carbons (Fsp3) is 0.320. The lowest BCUT2D eigenvalue weighted by Gasteiger charge is -2.35. The molecule has 4 rings (SSSR count). The number of piperidine rings is 1. The normalized spacial score (nSPS) is 19.2. The molecule has 2 aliphatic heterocycles. The monoisotopic (exact) mass is 452 g/mol. The number of anilines is 1. The molecule has 2 aliphatic rings. The molecule has 0 saturated carbocycles. The highest BCUT2D eigenvalue weighted by molar-refractivity contribution is 6.12. The second kappa shape index (κ2) is 9.85.